The number of aromatic nitrogens is 2. The number of carbonyl (C=O) groups is 2. The molecule has 0 unspecified atom stereocenters. The van der Waals surface area contributed by atoms with Crippen molar-refractivity contribution >= 4 is 29.0 Å². The van der Waals surface area contributed by atoms with Crippen molar-refractivity contribution in [3.63, 3.8) is 0 Å². The number of hydrogen-bond donors (Lipinski definition) is 2. The third kappa shape index (κ3) is 4.14. The predicted octanol–water partition coefficient (Wildman–Crippen LogP) is 0.117. The molecule has 2 aliphatic rings. The van der Waals surface area contributed by atoms with Crippen LogP contribution in [0.15, 0.2) is 28.0 Å². The van der Waals surface area contributed by atoms with Crippen LogP contribution in [0.25, 0.3) is 5.57 Å². The molecule has 2 aliphatic heterocycles. The van der Waals surface area contributed by atoms with E-state index in [1.54, 1.807) is 18.2 Å². The molecule has 2 aromatic rings. The van der Waals surface area contributed by atoms with Gasteiger partial charge in [-0.05, 0) is 31.4 Å². The van der Waals surface area contributed by atoms with Gasteiger partial charge in [0.25, 0.3) is 17.4 Å². The summed E-state index contributed by atoms with van der Waals surface area (Å²) in [6.45, 7) is 1.53. The van der Waals surface area contributed by atoms with E-state index in [2.05, 4.69) is 20.3 Å². The molecular formula is C21H23N5O5. The van der Waals surface area contributed by atoms with Gasteiger partial charge < -0.3 is 19.7 Å². The molecule has 0 radical (unpaired) electrons. The number of fused-ring (bicyclic) bond motifs is 1. The van der Waals surface area contributed by atoms with Gasteiger partial charge in [-0.1, -0.05) is 0 Å². The second-order valence-electron chi connectivity index (χ2n) is 7.32. The van der Waals surface area contributed by atoms with E-state index in [0.29, 0.717) is 23.1 Å². The molecule has 31 heavy (non-hydrogen) atoms. The van der Waals surface area contributed by atoms with Crippen molar-refractivity contribution in [2.24, 2.45) is 4.99 Å². The van der Waals surface area contributed by atoms with E-state index < -0.39 is 17.4 Å². The summed E-state index contributed by atoms with van der Waals surface area (Å²) in [5, 5.41) is 2.72. The minimum atomic E-state index is -0.603. The van der Waals surface area contributed by atoms with E-state index in [1.165, 1.54) is 14.2 Å². The number of carbonyl (C=O) groups excluding carboxylic acids is 2. The van der Waals surface area contributed by atoms with Gasteiger partial charge in [-0.15, -0.1) is 0 Å². The molecule has 0 bridgehead atoms. The molecule has 1 fully saturated rings. The molecule has 162 valence electrons. The van der Waals surface area contributed by atoms with Crippen LogP contribution in [0.5, 0.6) is 11.5 Å². The van der Waals surface area contributed by atoms with Crippen LogP contribution in [0.2, 0.25) is 0 Å². The van der Waals surface area contributed by atoms with E-state index in [-0.39, 0.29) is 22.7 Å². The summed E-state index contributed by atoms with van der Waals surface area (Å²) in [5.74, 6) is 0.166. The first-order chi connectivity index (χ1) is 15.0. The van der Waals surface area contributed by atoms with E-state index in [9.17, 15) is 14.4 Å². The Morgan fingerprint density at radius 2 is 1.90 bits per heavy atom. The Hall–Kier alpha value is -3.69. The van der Waals surface area contributed by atoms with Gasteiger partial charge in [-0.25, -0.2) is 0 Å². The predicted molar refractivity (Wildman–Crippen MR) is 113 cm³/mol. The standard InChI is InChI=1S/C21H23N5O5/c1-30-12-6-7-15(31-2)14(10-12)22-19(28)13-11-16(27)23-18-17(13)20(29)25-21(24-18)26-8-4-3-5-9-26/h6-7,10H,3-5,8-9,11H2,1-2H3,(H,22,28)(H,23,24,25,27,29). The Bertz CT molecular complexity index is 1210. The van der Waals surface area contributed by atoms with E-state index in [0.717, 1.165) is 32.4 Å². The lowest BCUT2D eigenvalue weighted by Crippen LogP contribution is -2.50. The van der Waals surface area contributed by atoms with Crippen molar-refractivity contribution in [2.45, 2.75) is 25.7 Å². The van der Waals surface area contributed by atoms with Gasteiger partial charge in [-0.3, -0.25) is 19.4 Å². The number of piperidine rings is 1. The van der Waals surface area contributed by atoms with Gasteiger partial charge in [0.05, 0.1) is 31.5 Å². The molecule has 2 N–H and O–H groups in total. The number of aromatic amines is 1. The number of nitrogens with one attached hydrogen (secondary N) is 2. The number of hydrogen-bond acceptors (Lipinski definition) is 7. The van der Waals surface area contributed by atoms with Crippen LogP contribution in [0, 0.1) is 0 Å². The van der Waals surface area contributed by atoms with Crippen molar-refractivity contribution in [1.29, 1.82) is 0 Å². The SMILES string of the molecule is COc1ccc(OC)c(NC(=O)C2=c3c(nc(N4CCCCC4)[nH]c3=O)=NC(=O)C2)c1. The number of H-pyrrole nitrogens is 1. The van der Waals surface area contributed by atoms with Crippen molar-refractivity contribution in [3.8, 4) is 11.5 Å². The maximum atomic E-state index is 13.1. The minimum Gasteiger partial charge on any atom is -0.497 e. The molecule has 0 aliphatic carbocycles. The summed E-state index contributed by atoms with van der Waals surface area (Å²) < 4.78 is 10.5. The summed E-state index contributed by atoms with van der Waals surface area (Å²) in [4.78, 5) is 51.2. The molecule has 0 spiro atoms. The Morgan fingerprint density at radius 3 is 2.61 bits per heavy atom. The second kappa shape index (κ2) is 8.58. The number of nitrogens with zero attached hydrogens (tertiary/aromatic N) is 3. The fraction of sp³-hybridized carbons (Fsp3) is 0.381. The lowest BCUT2D eigenvalue weighted by atomic mass is 10.1. The van der Waals surface area contributed by atoms with Crippen LogP contribution in [0.1, 0.15) is 25.7 Å². The Morgan fingerprint density at radius 1 is 1.13 bits per heavy atom. The number of amides is 2. The van der Waals surface area contributed by atoms with Crippen LogP contribution < -0.4 is 36.0 Å². The van der Waals surface area contributed by atoms with Gasteiger partial charge in [0, 0.05) is 24.7 Å². The molecule has 4 rings (SSSR count). The largest absolute Gasteiger partial charge is 0.497 e. The summed E-state index contributed by atoms with van der Waals surface area (Å²) in [6.07, 6.45) is 2.83. The summed E-state index contributed by atoms with van der Waals surface area (Å²) in [7, 11) is 2.98. The molecule has 1 aromatic heterocycles. The molecule has 10 nitrogen and oxygen atoms in total. The van der Waals surface area contributed by atoms with Crippen molar-refractivity contribution in [1.82, 2.24) is 9.97 Å². The summed E-state index contributed by atoms with van der Waals surface area (Å²) in [6, 6.07) is 4.93. The highest BCUT2D eigenvalue weighted by atomic mass is 16.5. The molecule has 2 amide bonds. The van der Waals surface area contributed by atoms with Gasteiger partial charge in [-0.2, -0.15) is 9.98 Å². The highest BCUT2D eigenvalue weighted by molar-refractivity contribution is 6.23. The van der Waals surface area contributed by atoms with Crippen molar-refractivity contribution < 1.29 is 19.1 Å². The second-order valence-corrected chi connectivity index (χ2v) is 7.32. The monoisotopic (exact) mass is 425 g/mol. The number of methoxy groups -OCH3 is 2. The Labute approximate surface area is 177 Å². The topological polar surface area (TPSA) is 126 Å². The van der Waals surface area contributed by atoms with Crippen LogP contribution in [0.3, 0.4) is 0 Å². The number of rotatable bonds is 5. The molecule has 1 aromatic carbocycles. The Kier molecular flexibility index (Phi) is 5.70. The molecule has 0 atom stereocenters. The quantitative estimate of drug-likeness (QED) is 0.697. The maximum Gasteiger partial charge on any atom is 0.262 e. The van der Waals surface area contributed by atoms with E-state index in [1.807, 2.05) is 4.90 Å². The zero-order valence-electron chi connectivity index (χ0n) is 17.4. The highest BCUT2D eigenvalue weighted by Crippen LogP contribution is 2.29. The van der Waals surface area contributed by atoms with Crippen LogP contribution in [-0.2, 0) is 9.59 Å². The first kappa shape index (κ1) is 20.6. The van der Waals surface area contributed by atoms with E-state index >= 15 is 0 Å². The smallest absolute Gasteiger partial charge is 0.262 e. The maximum absolute atomic E-state index is 13.1. The fourth-order valence-corrected chi connectivity index (χ4v) is 3.76. The van der Waals surface area contributed by atoms with Gasteiger partial charge >= 0.3 is 0 Å². The third-order valence-electron chi connectivity index (χ3n) is 5.33. The molecule has 0 saturated carbocycles. The van der Waals surface area contributed by atoms with Crippen molar-refractivity contribution in [3.05, 3.63) is 39.3 Å². The Balaban J connectivity index is 1.77. The molecule has 3 heterocycles. The first-order valence-electron chi connectivity index (χ1n) is 10.0. The van der Waals surface area contributed by atoms with Gasteiger partial charge in [0.2, 0.25) is 5.95 Å². The summed E-state index contributed by atoms with van der Waals surface area (Å²) >= 11 is 0. The summed E-state index contributed by atoms with van der Waals surface area (Å²) in [5.41, 5.74) is -0.156. The fourth-order valence-electron chi connectivity index (χ4n) is 3.76. The van der Waals surface area contributed by atoms with Crippen LogP contribution in [-0.4, -0.2) is 49.1 Å². The number of ether oxygens (including phenoxy) is 2. The average molecular weight is 425 g/mol. The molecule has 1 saturated heterocycles. The lowest BCUT2D eigenvalue weighted by Gasteiger charge is -2.26. The molecular weight excluding hydrogens is 402 g/mol. The number of anilines is 2. The minimum absolute atomic E-state index is 0.0128. The van der Waals surface area contributed by atoms with E-state index in [4.69, 9.17) is 9.47 Å². The van der Waals surface area contributed by atoms with Gasteiger partial charge in [0.15, 0.2) is 5.49 Å². The first-order valence-corrected chi connectivity index (χ1v) is 10.0. The normalized spacial score (nSPS) is 15.7. The zero-order valence-corrected chi connectivity index (χ0v) is 17.4. The average Bonchev–Trinajstić information content (AvgIpc) is 2.78. The zero-order chi connectivity index (χ0) is 22.0. The van der Waals surface area contributed by atoms with Gasteiger partial charge in [0.1, 0.15) is 11.5 Å². The van der Waals surface area contributed by atoms with Crippen LogP contribution >= 0.6 is 0 Å². The molecule has 10 heteroatoms. The van der Waals surface area contributed by atoms with Crippen molar-refractivity contribution in [2.75, 3.05) is 37.5 Å². The number of benzene rings is 1. The highest BCUT2D eigenvalue weighted by Gasteiger charge is 2.24. The third-order valence-corrected chi connectivity index (χ3v) is 5.33. The lowest BCUT2D eigenvalue weighted by molar-refractivity contribution is -0.118. The van der Waals surface area contributed by atoms with Crippen LogP contribution in [0.4, 0.5) is 11.6 Å².